The highest BCUT2D eigenvalue weighted by atomic mass is 19.1. The molecule has 126 valence electrons. The minimum Gasteiger partial charge on any atom is -0.331 e. The average Bonchev–Trinajstić information content (AvgIpc) is 2.56. The van der Waals surface area contributed by atoms with Gasteiger partial charge in [-0.05, 0) is 61.1 Å². The number of aromatic nitrogens is 1. The Hall–Kier alpha value is -2.43. The Bertz CT molecular complexity index is 730. The van der Waals surface area contributed by atoms with E-state index in [1.54, 1.807) is 30.3 Å². The largest absolute Gasteiger partial charge is 0.331 e. The molecule has 0 fully saturated rings. The van der Waals surface area contributed by atoms with Crippen LogP contribution in [-0.4, -0.2) is 23.0 Å². The number of hydrogen-bond acceptors (Lipinski definition) is 2. The molecule has 2 aromatic rings. The summed E-state index contributed by atoms with van der Waals surface area (Å²) in [4.78, 5) is 18.4. The number of hydrogen-bond donors (Lipinski definition) is 1. The van der Waals surface area contributed by atoms with Gasteiger partial charge in [0.05, 0.1) is 18.3 Å². The molecule has 0 aliphatic heterocycles. The van der Waals surface area contributed by atoms with Crippen LogP contribution in [0.5, 0.6) is 0 Å². The van der Waals surface area contributed by atoms with Crippen LogP contribution in [0.3, 0.4) is 0 Å². The van der Waals surface area contributed by atoms with Gasteiger partial charge in [-0.3, -0.25) is 4.98 Å². The fraction of sp³-hybridized carbons (Fsp3) is 0.368. The summed E-state index contributed by atoms with van der Waals surface area (Å²) < 4.78 is 13.4. The summed E-state index contributed by atoms with van der Waals surface area (Å²) in [6.07, 6.45) is 4.49. The summed E-state index contributed by atoms with van der Waals surface area (Å²) in [5.41, 5.74) is 3.97. The maximum Gasteiger partial charge on any atom is 0.317 e. The standard InChI is InChI=1S/C19H22FN3O/c1-13-6-8-16(21-11-13)12-23(2)19(24)22-18-5-3-4-14-10-15(20)7-9-17(14)18/h6-11,18H,3-5,12H2,1-2H3,(H,22,24)/t18-/m1/s1. The Kier molecular flexibility index (Phi) is 4.79. The van der Waals surface area contributed by atoms with Gasteiger partial charge in [-0.25, -0.2) is 9.18 Å². The Morgan fingerprint density at radius 1 is 1.38 bits per heavy atom. The second-order valence-electron chi connectivity index (χ2n) is 6.42. The van der Waals surface area contributed by atoms with E-state index in [0.717, 1.165) is 41.6 Å². The number of halogens is 1. The monoisotopic (exact) mass is 327 g/mol. The van der Waals surface area contributed by atoms with Gasteiger partial charge in [0, 0.05) is 13.2 Å². The first kappa shape index (κ1) is 16.4. The van der Waals surface area contributed by atoms with Gasteiger partial charge in [-0.2, -0.15) is 0 Å². The minimum absolute atomic E-state index is 0.0599. The molecule has 0 radical (unpaired) electrons. The molecule has 1 aromatic heterocycles. The van der Waals surface area contributed by atoms with Crippen LogP contribution in [0.1, 0.15) is 41.3 Å². The minimum atomic E-state index is -0.219. The van der Waals surface area contributed by atoms with Gasteiger partial charge in [-0.1, -0.05) is 12.1 Å². The van der Waals surface area contributed by atoms with Crippen molar-refractivity contribution in [1.82, 2.24) is 15.2 Å². The predicted molar refractivity (Wildman–Crippen MR) is 91.1 cm³/mol. The zero-order valence-corrected chi connectivity index (χ0v) is 14.1. The lowest BCUT2D eigenvalue weighted by Gasteiger charge is -2.28. The number of fused-ring (bicyclic) bond motifs is 1. The smallest absolute Gasteiger partial charge is 0.317 e. The first-order valence-corrected chi connectivity index (χ1v) is 8.24. The van der Waals surface area contributed by atoms with E-state index in [1.807, 2.05) is 19.1 Å². The van der Waals surface area contributed by atoms with Crippen molar-refractivity contribution in [2.45, 2.75) is 38.8 Å². The molecule has 1 aliphatic rings. The van der Waals surface area contributed by atoms with E-state index in [-0.39, 0.29) is 17.9 Å². The summed E-state index contributed by atoms with van der Waals surface area (Å²) in [5, 5.41) is 3.06. The van der Waals surface area contributed by atoms with Crippen molar-refractivity contribution in [2.75, 3.05) is 7.05 Å². The van der Waals surface area contributed by atoms with Crippen molar-refractivity contribution in [3.05, 3.63) is 64.7 Å². The number of pyridine rings is 1. The lowest BCUT2D eigenvalue weighted by Crippen LogP contribution is -2.40. The van der Waals surface area contributed by atoms with Crippen LogP contribution in [0.4, 0.5) is 9.18 Å². The van der Waals surface area contributed by atoms with Crippen molar-refractivity contribution >= 4 is 6.03 Å². The van der Waals surface area contributed by atoms with Crippen molar-refractivity contribution in [1.29, 1.82) is 0 Å². The quantitative estimate of drug-likeness (QED) is 0.933. The van der Waals surface area contributed by atoms with Gasteiger partial charge in [0.2, 0.25) is 0 Å². The van der Waals surface area contributed by atoms with Crippen LogP contribution < -0.4 is 5.32 Å². The van der Waals surface area contributed by atoms with E-state index >= 15 is 0 Å². The molecule has 0 bridgehead atoms. The molecular weight excluding hydrogens is 305 g/mol. The van der Waals surface area contributed by atoms with Gasteiger partial charge < -0.3 is 10.2 Å². The maximum absolute atomic E-state index is 13.4. The van der Waals surface area contributed by atoms with E-state index in [0.29, 0.717) is 6.54 Å². The molecule has 0 saturated carbocycles. The summed E-state index contributed by atoms with van der Waals surface area (Å²) >= 11 is 0. The topological polar surface area (TPSA) is 45.2 Å². The molecule has 0 unspecified atom stereocenters. The van der Waals surface area contributed by atoms with Gasteiger partial charge in [0.15, 0.2) is 0 Å². The predicted octanol–water partition coefficient (Wildman–Crippen LogP) is 3.75. The van der Waals surface area contributed by atoms with E-state index in [9.17, 15) is 9.18 Å². The molecule has 24 heavy (non-hydrogen) atoms. The zero-order chi connectivity index (χ0) is 17.1. The van der Waals surface area contributed by atoms with Gasteiger partial charge in [0.25, 0.3) is 0 Å². The molecule has 1 heterocycles. The Labute approximate surface area is 141 Å². The van der Waals surface area contributed by atoms with Crippen LogP contribution in [0.25, 0.3) is 0 Å². The molecule has 1 aliphatic carbocycles. The third-order valence-electron chi connectivity index (χ3n) is 4.44. The van der Waals surface area contributed by atoms with E-state index < -0.39 is 0 Å². The summed E-state index contributed by atoms with van der Waals surface area (Å²) in [5.74, 6) is -0.219. The van der Waals surface area contributed by atoms with Gasteiger partial charge in [-0.15, -0.1) is 0 Å². The summed E-state index contributed by atoms with van der Waals surface area (Å²) in [6, 6.07) is 8.54. The number of urea groups is 1. The van der Waals surface area contributed by atoms with Crippen LogP contribution in [0, 0.1) is 12.7 Å². The summed E-state index contributed by atoms with van der Waals surface area (Å²) in [7, 11) is 1.76. The first-order chi connectivity index (χ1) is 11.5. The molecular formula is C19H22FN3O. The number of nitrogens with zero attached hydrogens (tertiary/aromatic N) is 2. The fourth-order valence-corrected chi connectivity index (χ4v) is 3.10. The Balaban J connectivity index is 1.66. The summed E-state index contributed by atoms with van der Waals surface area (Å²) in [6.45, 7) is 2.44. The molecule has 1 N–H and O–H groups in total. The number of carbonyl (C=O) groups excluding carboxylic acids is 1. The Morgan fingerprint density at radius 2 is 2.21 bits per heavy atom. The number of benzene rings is 1. The average molecular weight is 327 g/mol. The van der Waals surface area contributed by atoms with Crippen molar-refractivity contribution in [2.24, 2.45) is 0 Å². The Morgan fingerprint density at radius 3 is 2.96 bits per heavy atom. The number of aryl methyl sites for hydroxylation is 2. The second-order valence-corrected chi connectivity index (χ2v) is 6.42. The number of nitrogens with one attached hydrogen (secondary N) is 1. The van der Waals surface area contributed by atoms with Crippen molar-refractivity contribution < 1.29 is 9.18 Å². The fourth-order valence-electron chi connectivity index (χ4n) is 3.10. The lowest BCUT2D eigenvalue weighted by atomic mass is 9.87. The second kappa shape index (κ2) is 6.99. The highest BCUT2D eigenvalue weighted by molar-refractivity contribution is 5.74. The molecule has 4 nitrogen and oxygen atoms in total. The van der Waals surface area contributed by atoms with Crippen LogP contribution in [0.15, 0.2) is 36.5 Å². The highest BCUT2D eigenvalue weighted by Crippen LogP contribution is 2.30. The van der Waals surface area contributed by atoms with Gasteiger partial charge in [0.1, 0.15) is 5.82 Å². The van der Waals surface area contributed by atoms with Crippen LogP contribution >= 0.6 is 0 Å². The number of amides is 2. The molecule has 0 spiro atoms. The first-order valence-electron chi connectivity index (χ1n) is 8.24. The van der Waals surface area contributed by atoms with Gasteiger partial charge >= 0.3 is 6.03 Å². The molecule has 1 aromatic carbocycles. The lowest BCUT2D eigenvalue weighted by molar-refractivity contribution is 0.200. The number of rotatable bonds is 3. The molecule has 5 heteroatoms. The molecule has 0 saturated heterocycles. The van der Waals surface area contributed by atoms with E-state index in [2.05, 4.69) is 10.3 Å². The van der Waals surface area contributed by atoms with E-state index in [4.69, 9.17) is 0 Å². The highest BCUT2D eigenvalue weighted by Gasteiger charge is 2.23. The SMILES string of the molecule is Cc1ccc(CN(C)C(=O)N[C@@H]2CCCc3cc(F)ccc32)nc1. The van der Waals surface area contributed by atoms with Crippen LogP contribution in [0.2, 0.25) is 0 Å². The van der Waals surface area contributed by atoms with Crippen molar-refractivity contribution in [3.8, 4) is 0 Å². The normalized spacial score (nSPS) is 16.4. The maximum atomic E-state index is 13.4. The zero-order valence-electron chi connectivity index (χ0n) is 14.1. The molecule has 2 amide bonds. The van der Waals surface area contributed by atoms with Crippen LogP contribution in [-0.2, 0) is 13.0 Å². The molecule has 1 atom stereocenters. The number of carbonyl (C=O) groups is 1. The van der Waals surface area contributed by atoms with E-state index in [1.165, 1.54) is 6.07 Å². The third-order valence-corrected chi connectivity index (χ3v) is 4.44. The van der Waals surface area contributed by atoms with Crippen molar-refractivity contribution in [3.63, 3.8) is 0 Å². The third kappa shape index (κ3) is 3.72. The molecule has 3 rings (SSSR count).